The van der Waals surface area contributed by atoms with Crippen molar-refractivity contribution in [2.45, 2.75) is 12.5 Å². The number of rotatable bonds is 7. The molecule has 0 bridgehead atoms. The molecule has 3 N–H and O–H groups in total. The molecule has 1 saturated heterocycles. The summed E-state index contributed by atoms with van der Waals surface area (Å²) in [4.78, 5) is 15.1. The highest BCUT2D eigenvalue weighted by Gasteiger charge is 2.21. The number of nitrogens with two attached hydrogens (primary N) is 1. The lowest BCUT2D eigenvalue weighted by atomic mass is 9.99. The summed E-state index contributed by atoms with van der Waals surface area (Å²) >= 11 is 0. The Morgan fingerprint density at radius 3 is 2.70 bits per heavy atom. The van der Waals surface area contributed by atoms with Gasteiger partial charge in [0.1, 0.15) is 0 Å². The summed E-state index contributed by atoms with van der Waals surface area (Å²) in [5, 5.41) is 3.66. The fraction of sp³-hybridized carbons (Fsp3) is 0.348. The molecule has 1 atom stereocenters. The largest absolute Gasteiger partial charge is 0.493 e. The van der Waals surface area contributed by atoms with E-state index in [1.807, 2.05) is 42.5 Å². The van der Waals surface area contributed by atoms with E-state index in [4.69, 9.17) is 19.6 Å². The zero-order valence-corrected chi connectivity index (χ0v) is 17.1. The van der Waals surface area contributed by atoms with Crippen LogP contribution in [0.1, 0.15) is 28.6 Å². The first kappa shape index (κ1) is 20.4. The minimum Gasteiger partial charge on any atom is -0.493 e. The number of ether oxygens (including phenoxy) is 2. The number of furan rings is 1. The molecule has 1 aliphatic heterocycles. The molecule has 0 aliphatic carbocycles. The summed E-state index contributed by atoms with van der Waals surface area (Å²) in [5.74, 6) is 0.486. The first-order chi connectivity index (χ1) is 14.7. The molecule has 1 aromatic heterocycles. The van der Waals surface area contributed by atoms with Crippen molar-refractivity contribution in [3.63, 3.8) is 0 Å². The number of hydrogen-bond acceptors (Lipinski definition) is 6. The highest BCUT2D eigenvalue weighted by atomic mass is 16.5. The Hall–Kier alpha value is -2.87. The highest BCUT2D eigenvalue weighted by Crippen LogP contribution is 2.35. The third-order valence-electron chi connectivity index (χ3n) is 5.42. The number of nitrogens with one attached hydrogen (secondary N) is 1. The molecule has 0 radical (unpaired) electrons. The summed E-state index contributed by atoms with van der Waals surface area (Å²) < 4.78 is 16.7. The molecular weight excluding hydrogens is 382 g/mol. The number of benzene rings is 2. The van der Waals surface area contributed by atoms with E-state index in [1.54, 1.807) is 13.2 Å². The van der Waals surface area contributed by atoms with E-state index >= 15 is 0 Å². The van der Waals surface area contributed by atoms with Crippen molar-refractivity contribution in [1.82, 2.24) is 4.90 Å². The van der Waals surface area contributed by atoms with Gasteiger partial charge in [-0.2, -0.15) is 0 Å². The second kappa shape index (κ2) is 9.30. The van der Waals surface area contributed by atoms with Gasteiger partial charge in [0.2, 0.25) is 0 Å². The quantitative estimate of drug-likeness (QED) is 0.622. The summed E-state index contributed by atoms with van der Waals surface area (Å²) in [6, 6.07) is 14.7. The van der Waals surface area contributed by atoms with Crippen molar-refractivity contribution in [2.75, 3.05) is 45.3 Å². The van der Waals surface area contributed by atoms with Crippen LogP contribution in [0.4, 0.5) is 5.69 Å². The average molecular weight is 409 g/mol. The van der Waals surface area contributed by atoms with E-state index in [9.17, 15) is 4.79 Å². The van der Waals surface area contributed by atoms with Gasteiger partial charge in [0.15, 0.2) is 17.1 Å². The molecule has 1 unspecified atom stereocenters. The molecule has 0 saturated carbocycles. The number of anilines is 1. The second-order valence-corrected chi connectivity index (χ2v) is 7.38. The van der Waals surface area contributed by atoms with Crippen LogP contribution in [0.15, 0.2) is 52.9 Å². The van der Waals surface area contributed by atoms with E-state index in [-0.39, 0.29) is 17.7 Å². The smallest absolute Gasteiger partial charge is 0.291 e. The standard InChI is InChI=1S/C23H27N3O4/c1-28-20-8-7-17(19(24)9-10-26-11-13-29-14-12-26)18-15-21(30-22(18)20)23(27)25-16-5-3-2-4-6-16/h2-8,15,19H,9-14,24H2,1H3,(H,25,27). The Morgan fingerprint density at radius 2 is 1.97 bits per heavy atom. The molecular formula is C23H27N3O4. The lowest BCUT2D eigenvalue weighted by Gasteiger charge is -2.27. The molecule has 2 aromatic carbocycles. The van der Waals surface area contributed by atoms with Crippen LogP contribution in [0.2, 0.25) is 0 Å². The van der Waals surface area contributed by atoms with Gasteiger partial charge in [-0.1, -0.05) is 24.3 Å². The van der Waals surface area contributed by atoms with Crippen molar-refractivity contribution in [1.29, 1.82) is 0 Å². The van der Waals surface area contributed by atoms with Crippen molar-refractivity contribution in [3.05, 3.63) is 59.9 Å². The molecule has 7 nitrogen and oxygen atoms in total. The number of hydrogen-bond donors (Lipinski definition) is 2. The predicted molar refractivity (Wildman–Crippen MR) is 116 cm³/mol. The maximum Gasteiger partial charge on any atom is 0.291 e. The van der Waals surface area contributed by atoms with Gasteiger partial charge in [0.05, 0.1) is 20.3 Å². The first-order valence-corrected chi connectivity index (χ1v) is 10.2. The third kappa shape index (κ3) is 4.48. The zero-order valence-electron chi connectivity index (χ0n) is 17.1. The van der Waals surface area contributed by atoms with Crippen LogP contribution in [0.3, 0.4) is 0 Å². The Kier molecular flexibility index (Phi) is 6.32. The van der Waals surface area contributed by atoms with Gasteiger partial charge in [-0.25, -0.2) is 0 Å². The number of morpholine rings is 1. The van der Waals surface area contributed by atoms with Crippen molar-refractivity contribution < 1.29 is 18.7 Å². The van der Waals surface area contributed by atoms with E-state index in [1.165, 1.54) is 0 Å². The van der Waals surface area contributed by atoms with Gasteiger partial charge >= 0.3 is 0 Å². The number of amides is 1. The Labute approximate surface area is 175 Å². The van der Waals surface area contributed by atoms with Gasteiger partial charge in [-0.15, -0.1) is 0 Å². The molecule has 1 fully saturated rings. The van der Waals surface area contributed by atoms with Crippen molar-refractivity contribution >= 4 is 22.6 Å². The van der Waals surface area contributed by atoms with Gasteiger partial charge in [0, 0.05) is 36.7 Å². The summed E-state index contributed by atoms with van der Waals surface area (Å²) in [6.45, 7) is 4.30. The number of fused-ring (bicyclic) bond motifs is 1. The maximum absolute atomic E-state index is 12.7. The normalized spacial score (nSPS) is 15.8. The second-order valence-electron chi connectivity index (χ2n) is 7.38. The Balaban J connectivity index is 1.56. The van der Waals surface area contributed by atoms with E-state index in [0.29, 0.717) is 17.0 Å². The fourth-order valence-corrected chi connectivity index (χ4v) is 3.73. The summed E-state index contributed by atoms with van der Waals surface area (Å²) in [6.07, 6.45) is 0.804. The third-order valence-corrected chi connectivity index (χ3v) is 5.42. The van der Waals surface area contributed by atoms with Crippen molar-refractivity contribution in [2.24, 2.45) is 5.73 Å². The predicted octanol–water partition coefficient (Wildman–Crippen LogP) is 3.42. The summed E-state index contributed by atoms with van der Waals surface area (Å²) in [5.41, 5.74) is 8.73. The van der Waals surface area contributed by atoms with Crippen molar-refractivity contribution in [3.8, 4) is 5.75 Å². The molecule has 4 rings (SSSR count). The van der Waals surface area contributed by atoms with E-state index < -0.39 is 0 Å². The fourth-order valence-electron chi connectivity index (χ4n) is 3.73. The minimum atomic E-state index is -0.313. The van der Waals surface area contributed by atoms with E-state index in [0.717, 1.165) is 50.2 Å². The van der Waals surface area contributed by atoms with Gasteiger partial charge in [0.25, 0.3) is 5.91 Å². The number of carbonyl (C=O) groups excluding carboxylic acids is 1. The monoisotopic (exact) mass is 409 g/mol. The molecule has 30 heavy (non-hydrogen) atoms. The molecule has 1 aliphatic rings. The number of para-hydroxylation sites is 1. The summed E-state index contributed by atoms with van der Waals surface area (Å²) in [7, 11) is 1.58. The van der Waals surface area contributed by atoms with Gasteiger partial charge in [-0.3, -0.25) is 9.69 Å². The van der Waals surface area contributed by atoms with Gasteiger partial charge < -0.3 is 24.9 Å². The van der Waals surface area contributed by atoms with Crippen LogP contribution in [0.5, 0.6) is 5.75 Å². The lowest BCUT2D eigenvalue weighted by molar-refractivity contribution is 0.0366. The molecule has 2 heterocycles. The maximum atomic E-state index is 12.7. The Morgan fingerprint density at radius 1 is 1.20 bits per heavy atom. The first-order valence-electron chi connectivity index (χ1n) is 10.2. The van der Waals surface area contributed by atoms with Crippen LogP contribution in [0.25, 0.3) is 11.0 Å². The van der Waals surface area contributed by atoms with Crippen LogP contribution in [-0.4, -0.2) is 50.8 Å². The van der Waals surface area contributed by atoms with Crippen LogP contribution in [-0.2, 0) is 4.74 Å². The number of carbonyl (C=O) groups is 1. The zero-order chi connectivity index (χ0) is 20.9. The molecule has 7 heteroatoms. The number of methoxy groups -OCH3 is 1. The van der Waals surface area contributed by atoms with Crippen LogP contribution < -0.4 is 15.8 Å². The molecule has 1 amide bonds. The van der Waals surface area contributed by atoms with E-state index in [2.05, 4.69) is 10.2 Å². The topological polar surface area (TPSA) is 90.0 Å². The molecule has 3 aromatic rings. The molecule has 0 spiro atoms. The van der Waals surface area contributed by atoms with Gasteiger partial charge in [-0.05, 0) is 36.2 Å². The Bertz CT molecular complexity index is 996. The average Bonchev–Trinajstić information content (AvgIpc) is 3.24. The highest BCUT2D eigenvalue weighted by molar-refractivity contribution is 6.05. The van der Waals surface area contributed by atoms with Crippen LogP contribution >= 0.6 is 0 Å². The SMILES string of the molecule is COc1ccc(C(N)CCN2CCOCC2)c2cc(C(=O)Nc3ccccc3)oc12. The minimum absolute atomic E-state index is 0.177. The van der Waals surface area contributed by atoms with Crippen LogP contribution in [0, 0.1) is 0 Å². The number of nitrogens with zero attached hydrogens (tertiary/aromatic N) is 1. The lowest BCUT2D eigenvalue weighted by Crippen LogP contribution is -2.37. The molecule has 158 valence electrons.